The lowest BCUT2D eigenvalue weighted by Gasteiger charge is -2.29. The van der Waals surface area contributed by atoms with Crippen molar-refractivity contribution in [2.75, 3.05) is 12.4 Å². The summed E-state index contributed by atoms with van der Waals surface area (Å²) < 4.78 is 20.3. The van der Waals surface area contributed by atoms with Crippen molar-refractivity contribution in [2.45, 2.75) is 18.0 Å². The van der Waals surface area contributed by atoms with Crippen LogP contribution in [0.2, 0.25) is 5.02 Å². The fraction of sp³-hybridized carbons (Fsp3) is 0.160. The Morgan fingerprint density at radius 3 is 2.65 bits per heavy atom. The number of thioether (sulfide) groups is 1. The van der Waals surface area contributed by atoms with Gasteiger partial charge in [-0.15, -0.1) is 0 Å². The number of fused-ring (bicyclic) bond motifs is 1. The first-order valence-corrected chi connectivity index (χ1v) is 12.6. The number of nitrogens with one attached hydrogen (secondary N) is 2. The molecular formula is C25H20ClFN6O3S. The number of nitrogens with zero attached hydrogens (tertiary/aromatic N) is 4. The first-order valence-electron chi connectivity index (χ1n) is 11.2. The van der Waals surface area contributed by atoms with E-state index >= 15 is 0 Å². The van der Waals surface area contributed by atoms with Gasteiger partial charge in [-0.2, -0.15) is 5.10 Å². The molecular weight excluding hydrogens is 519 g/mol. The normalized spacial score (nSPS) is 15.4. The molecule has 2 aromatic heterocycles. The Labute approximate surface area is 220 Å². The van der Waals surface area contributed by atoms with Crippen LogP contribution in [0, 0.1) is 5.82 Å². The molecule has 0 aliphatic carbocycles. The van der Waals surface area contributed by atoms with Gasteiger partial charge >= 0.3 is 12.0 Å². The number of rotatable bonds is 7. The Kier molecular flexibility index (Phi) is 7.06. The second-order valence-electron chi connectivity index (χ2n) is 7.93. The third kappa shape index (κ3) is 5.13. The molecule has 12 heteroatoms. The van der Waals surface area contributed by atoms with E-state index in [1.807, 2.05) is 0 Å². The summed E-state index contributed by atoms with van der Waals surface area (Å²) in [5.74, 6) is -0.667. The Balaban J connectivity index is 1.49. The summed E-state index contributed by atoms with van der Waals surface area (Å²) >= 11 is 7.34. The van der Waals surface area contributed by atoms with Crippen LogP contribution < -0.4 is 10.6 Å². The van der Waals surface area contributed by atoms with Crippen molar-refractivity contribution in [3.05, 3.63) is 88.7 Å². The average molecular weight is 539 g/mol. The molecule has 9 nitrogen and oxygen atoms in total. The number of carbonyl (C=O) groups is 2. The van der Waals surface area contributed by atoms with E-state index in [0.717, 1.165) is 0 Å². The zero-order valence-corrected chi connectivity index (χ0v) is 21.0. The van der Waals surface area contributed by atoms with Crippen LogP contribution in [0.5, 0.6) is 0 Å². The molecule has 0 bridgehead atoms. The van der Waals surface area contributed by atoms with E-state index in [9.17, 15) is 14.0 Å². The maximum absolute atomic E-state index is 13.4. The fourth-order valence-corrected chi connectivity index (χ4v) is 4.99. The van der Waals surface area contributed by atoms with Gasteiger partial charge in [0.15, 0.2) is 5.65 Å². The van der Waals surface area contributed by atoms with E-state index in [-0.39, 0.29) is 18.2 Å². The van der Waals surface area contributed by atoms with Crippen LogP contribution in [0.15, 0.2) is 77.4 Å². The first-order chi connectivity index (χ1) is 17.9. The molecule has 37 heavy (non-hydrogen) atoms. The molecule has 0 spiro atoms. The van der Waals surface area contributed by atoms with Gasteiger partial charge in [0.05, 0.1) is 35.5 Å². The van der Waals surface area contributed by atoms with Crippen LogP contribution in [0.3, 0.4) is 0 Å². The number of ether oxygens (including phenoxy) is 1. The van der Waals surface area contributed by atoms with Gasteiger partial charge in [0.1, 0.15) is 17.2 Å². The van der Waals surface area contributed by atoms with Gasteiger partial charge in [-0.05, 0) is 48.9 Å². The minimum Gasteiger partial charge on any atom is -0.463 e. The third-order valence-electron chi connectivity index (χ3n) is 5.61. The molecule has 1 atom stereocenters. The van der Waals surface area contributed by atoms with Crippen LogP contribution in [-0.4, -0.2) is 44.1 Å². The number of benzene rings is 2. The second-order valence-corrected chi connectivity index (χ2v) is 9.33. The number of amides is 2. The maximum atomic E-state index is 13.4. The van der Waals surface area contributed by atoms with Crippen molar-refractivity contribution in [1.82, 2.24) is 30.4 Å². The van der Waals surface area contributed by atoms with E-state index in [0.29, 0.717) is 43.6 Å². The summed E-state index contributed by atoms with van der Waals surface area (Å²) in [6.45, 7) is 1.90. The van der Waals surface area contributed by atoms with Crippen molar-refractivity contribution < 1.29 is 18.7 Å². The zero-order valence-electron chi connectivity index (χ0n) is 19.4. The SMILES string of the molecule is CCOC(=O)C1=C(CSc2ncnc3c2cnn3-c2ccc(F)cc2)NC(=O)NC1c1ccc(Cl)cc1. The number of esters is 1. The molecule has 5 rings (SSSR count). The largest absolute Gasteiger partial charge is 0.463 e. The highest BCUT2D eigenvalue weighted by Crippen LogP contribution is 2.32. The van der Waals surface area contributed by atoms with Crippen molar-refractivity contribution in [2.24, 2.45) is 0 Å². The molecule has 2 aromatic carbocycles. The first kappa shape index (κ1) is 24.7. The molecule has 2 N–H and O–H groups in total. The Hall–Kier alpha value is -3.96. The Morgan fingerprint density at radius 2 is 1.92 bits per heavy atom. The molecule has 1 aliphatic rings. The monoisotopic (exact) mass is 538 g/mol. The van der Waals surface area contributed by atoms with Crippen LogP contribution in [-0.2, 0) is 9.53 Å². The summed E-state index contributed by atoms with van der Waals surface area (Å²) in [4.78, 5) is 34.3. The molecule has 4 aromatic rings. The Bertz CT molecular complexity index is 1510. The van der Waals surface area contributed by atoms with Gasteiger partial charge in [-0.25, -0.2) is 28.6 Å². The minimum atomic E-state index is -0.715. The molecule has 1 unspecified atom stereocenters. The third-order valence-corrected chi connectivity index (χ3v) is 6.89. The fourth-order valence-electron chi connectivity index (χ4n) is 3.94. The summed E-state index contributed by atoms with van der Waals surface area (Å²) in [6, 6.07) is 11.6. The van der Waals surface area contributed by atoms with Crippen molar-refractivity contribution in [3.63, 3.8) is 0 Å². The molecule has 0 saturated carbocycles. The average Bonchev–Trinajstić information content (AvgIpc) is 3.33. The van der Waals surface area contributed by atoms with E-state index in [4.69, 9.17) is 16.3 Å². The molecule has 0 saturated heterocycles. The number of halogens is 2. The molecule has 3 heterocycles. The summed E-state index contributed by atoms with van der Waals surface area (Å²) in [6.07, 6.45) is 3.03. The molecule has 2 amide bonds. The summed E-state index contributed by atoms with van der Waals surface area (Å²) in [5.41, 5.74) is 2.58. The van der Waals surface area contributed by atoms with Gasteiger partial charge in [0, 0.05) is 16.5 Å². The number of hydrogen-bond acceptors (Lipinski definition) is 7. The van der Waals surface area contributed by atoms with Crippen LogP contribution >= 0.6 is 23.4 Å². The maximum Gasteiger partial charge on any atom is 0.338 e. The lowest BCUT2D eigenvalue weighted by molar-refractivity contribution is -0.139. The standard InChI is InChI=1S/C25H20ClFN6O3S/c1-2-36-24(34)20-19(31-25(35)32-21(20)14-3-5-15(26)6-4-14)12-37-23-18-11-30-33(22(18)28-13-29-23)17-9-7-16(27)8-10-17/h3-11,13,21H,2,12H2,1H3,(H2,31,32,35). The van der Waals surface area contributed by atoms with Crippen molar-refractivity contribution >= 4 is 46.4 Å². The van der Waals surface area contributed by atoms with Gasteiger partial charge in [-0.3, -0.25) is 0 Å². The van der Waals surface area contributed by atoms with Gasteiger partial charge < -0.3 is 15.4 Å². The topological polar surface area (TPSA) is 111 Å². The highest BCUT2D eigenvalue weighted by molar-refractivity contribution is 7.99. The van der Waals surface area contributed by atoms with Gasteiger partial charge in [-0.1, -0.05) is 35.5 Å². The number of urea groups is 1. The highest BCUT2D eigenvalue weighted by atomic mass is 35.5. The number of hydrogen-bond donors (Lipinski definition) is 2. The summed E-state index contributed by atoms with van der Waals surface area (Å²) in [5, 5.41) is 11.8. The van der Waals surface area contributed by atoms with E-state index in [1.54, 1.807) is 54.2 Å². The lowest BCUT2D eigenvalue weighted by atomic mass is 9.95. The van der Waals surface area contributed by atoms with Crippen molar-refractivity contribution in [1.29, 1.82) is 0 Å². The number of aromatic nitrogens is 4. The van der Waals surface area contributed by atoms with E-state index in [2.05, 4.69) is 25.7 Å². The highest BCUT2D eigenvalue weighted by Gasteiger charge is 2.33. The van der Waals surface area contributed by atoms with Crippen LogP contribution in [0.25, 0.3) is 16.7 Å². The summed E-state index contributed by atoms with van der Waals surface area (Å²) in [7, 11) is 0. The second kappa shape index (κ2) is 10.6. The van der Waals surface area contributed by atoms with Gasteiger partial charge in [0.2, 0.25) is 0 Å². The predicted octanol–water partition coefficient (Wildman–Crippen LogP) is 4.57. The van der Waals surface area contributed by atoms with Gasteiger partial charge in [0.25, 0.3) is 0 Å². The van der Waals surface area contributed by atoms with Crippen LogP contribution in [0.4, 0.5) is 9.18 Å². The molecule has 1 aliphatic heterocycles. The van der Waals surface area contributed by atoms with Crippen molar-refractivity contribution in [3.8, 4) is 5.69 Å². The molecule has 0 fully saturated rings. The molecule has 188 valence electrons. The molecule has 0 radical (unpaired) electrons. The quantitative estimate of drug-likeness (QED) is 0.201. The van der Waals surface area contributed by atoms with E-state index in [1.165, 1.54) is 30.2 Å². The predicted molar refractivity (Wildman–Crippen MR) is 137 cm³/mol. The number of carbonyl (C=O) groups excluding carboxylic acids is 2. The van der Waals surface area contributed by atoms with Crippen LogP contribution in [0.1, 0.15) is 18.5 Å². The minimum absolute atomic E-state index is 0.180. The Morgan fingerprint density at radius 1 is 1.16 bits per heavy atom. The smallest absolute Gasteiger partial charge is 0.338 e. The van der Waals surface area contributed by atoms with E-state index < -0.39 is 18.0 Å². The zero-order chi connectivity index (χ0) is 25.9. The lowest BCUT2D eigenvalue weighted by Crippen LogP contribution is -2.46.